The molecular formula is C19H19N3O4. The van der Waals surface area contributed by atoms with Crippen LogP contribution in [0, 0.1) is 0 Å². The van der Waals surface area contributed by atoms with E-state index in [9.17, 15) is 19.5 Å². The number of nitrogens with one attached hydrogen (secondary N) is 2. The summed E-state index contributed by atoms with van der Waals surface area (Å²) in [5, 5.41) is 14.6. The number of hydrogen-bond donors (Lipinski definition) is 3. The molecule has 26 heavy (non-hydrogen) atoms. The molecular weight excluding hydrogens is 334 g/mol. The zero-order valence-electron chi connectivity index (χ0n) is 14.7. The Hall–Kier alpha value is -3.35. The second kappa shape index (κ2) is 6.18. The molecule has 1 aliphatic rings. The van der Waals surface area contributed by atoms with Crippen molar-refractivity contribution in [2.24, 2.45) is 0 Å². The van der Waals surface area contributed by atoms with Crippen molar-refractivity contribution in [2.75, 3.05) is 10.6 Å². The predicted octanol–water partition coefficient (Wildman–Crippen LogP) is 3.43. The average molecular weight is 353 g/mol. The summed E-state index contributed by atoms with van der Waals surface area (Å²) in [5.74, 6) is -0.686. The third-order valence-corrected chi connectivity index (χ3v) is 3.92. The van der Waals surface area contributed by atoms with Gasteiger partial charge in [0.25, 0.3) is 11.8 Å². The summed E-state index contributed by atoms with van der Waals surface area (Å²) in [4.78, 5) is 38.3. The van der Waals surface area contributed by atoms with E-state index < -0.39 is 11.6 Å². The maximum Gasteiger partial charge on any atom is 0.323 e. The van der Waals surface area contributed by atoms with E-state index in [1.165, 1.54) is 29.2 Å². The van der Waals surface area contributed by atoms with Gasteiger partial charge in [0.2, 0.25) is 0 Å². The number of hydrogen-bond acceptors (Lipinski definition) is 4. The van der Waals surface area contributed by atoms with Crippen LogP contribution in [-0.4, -0.2) is 33.4 Å². The Labute approximate surface area is 150 Å². The fraction of sp³-hybridized carbons (Fsp3) is 0.211. The number of phenolic OH excluding ortho intramolecular Hbond substituents is 1. The third kappa shape index (κ3) is 3.23. The fourth-order valence-electron chi connectivity index (χ4n) is 2.80. The van der Waals surface area contributed by atoms with Crippen molar-refractivity contribution >= 4 is 29.2 Å². The van der Waals surface area contributed by atoms with Crippen LogP contribution in [0.15, 0.2) is 42.5 Å². The molecule has 2 aromatic carbocycles. The number of amides is 4. The van der Waals surface area contributed by atoms with Crippen molar-refractivity contribution < 1.29 is 19.5 Å². The molecule has 0 bridgehead atoms. The first-order valence-electron chi connectivity index (χ1n) is 8.07. The number of fused-ring (bicyclic) bond motifs is 1. The van der Waals surface area contributed by atoms with Crippen LogP contribution in [0.4, 0.5) is 16.2 Å². The standard InChI is InChI=1S/C19H19N3O4/c1-19(2,3)22-16(24)14-8-7-12(10-15(14)17(22)25)21-18(26)20-11-5-4-6-13(23)9-11/h4-10,23H,1-3H3,(H2,20,21,26). The van der Waals surface area contributed by atoms with Gasteiger partial charge in [0.15, 0.2) is 0 Å². The van der Waals surface area contributed by atoms with E-state index in [0.717, 1.165) is 0 Å². The Kier molecular flexibility index (Phi) is 4.15. The minimum atomic E-state index is -0.631. The van der Waals surface area contributed by atoms with Gasteiger partial charge in [-0.2, -0.15) is 0 Å². The van der Waals surface area contributed by atoms with Crippen molar-refractivity contribution in [1.82, 2.24) is 4.90 Å². The number of imide groups is 1. The van der Waals surface area contributed by atoms with Gasteiger partial charge in [-0.25, -0.2) is 4.79 Å². The predicted molar refractivity (Wildman–Crippen MR) is 97.4 cm³/mol. The van der Waals surface area contributed by atoms with E-state index >= 15 is 0 Å². The van der Waals surface area contributed by atoms with E-state index in [4.69, 9.17) is 0 Å². The maximum atomic E-state index is 12.6. The molecule has 2 aromatic rings. The molecule has 0 aromatic heterocycles. The first-order valence-corrected chi connectivity index (χ1v) is 8.07. The molecule has 4 amide bonds. The number of carbonyl (C=O) groups is 3. The Morgan fingerprint density at radius 3 is 2.15 bits per heavy atom. The van der Waals surface area contributed by atoms with Gasteiger partial charge in [-0.15, -0.1) is 0 Å². The highest BCUT2D eigenvalue weighted by atomic mass is 16.3. The highest BCUT2D eigenvalue weighted by molar-refractivity contribution is 6.22. The van der Waals surface area contributed by atoms with Gasteiger partial charge >= 0.3 is 6.03 Å². The number of phenols is 1. The minimum Gasteiger partial charge on any atom is -0.508 e. The molecule has 134 valence electrons. The second-order valence-electron chi connectivity index (χ2n) is 7.01. The van der Waals surface area contributed by atoms with E-state index in [1.54, 1.807) is 39.0 Å². The summed E-state index contributed by atoms with van der Waals surface area (Å²) in [6.45, 7) is 5.36. The van der Waals surface area contributed by atoms with Crippen molar-refractivity contribution in [3.8, 4) is 5.75 Å². The van der Waals surface area contributed by atoms with Crippen LogP contribution in [0.25, 0.3) is 0 Å². The van der Waals surface area contributed by atoms with Crippen molar-refractivity contribution in [3.63, 3.8) is 0 Å². The van der Waals surface area contributed by atoms with Gasteiger partial charge < -0.3 is 15.7 Å². The summed E-state index contributed by atoms with van der Waals surface area (Å²) >= 11 is 0. The Bertz CT molecular complexity index is 915. The largest absolute Gasteiger partial charge is 0.508 e. The van der Waals surface area contributed by atoms with Crippen LogP contribution in [0.3, 0.4) is 0 Å². The molecule has 7 nitrogen and oxygen atoms in total. The number of urea groups is 1. The van der Waals surface area contributed by atoms with Gasteiger partial charge in [0.1, 0.15) is 5.75 Å². The molecule has 1 heterocycles. The lowest BCUT2D eigenvalue weighted by atomic mass is 10.1. The molecule has 0 spiro atoms. The number of aromatic hydroxyl groups is 1. The molecule has 0 saturated carbocycles. The van der Waals surface area contributed by atoms with Crippen LogP contribution in [-0.2, 0) is 0 Å². The van der Waals surface area contributed by atoms with Crippen molar-refractivity contribution in [2.45, 2.75) is 26.3 Å². The first-order chi connectivity index (χ1) is 12.2. The van der Waals surface area contributed by atoms with Gasteiger partial charge in [-0.05, 0) is 51.1 Å². The molecule has 0 radical (unpaired) electrons. The lowest BCUT2D eigenvalue weighted by molar-refractivity contribution is 0.0507. The van der Waals surface area contributed by atoms with Crippen LogP contribution >= 0.6 is 0 Å². The molecule has 3 rings (SSSR count). The number of anilines is 2. The van der Waals surface area contributed by atoms with E-state index in [0.29, 0.717) is 16.9 Å². The van der Waals surface area contributed by atoms with Gasteiger partial charge in [0, 0.05) is 23.0 Å². The van der Waals surface area contributed by atoms with Gasteiger partial charge in [-0.1, -0.05) is 6.07 Å². The average Bonchev–Trinajstić information content (AvgIpc) is 2.78. The van der Waals surface area contributed by atoms with Crippen molar-refractivity contribution in [3.05, 3.63) is 53.6 Å². The first kappa shape index (κ1) is 17.5. The normalized spacial score (nSPS) is 13.6. The monoisotopic (exact) mass is 353 g/mol. The van der Waals surface area contributed by atoms with E-state index in [2.05, 4.69) is 10.6 Å². The van der Waals surface area contributed by atoms with Crippen LogP contribution in [0.2, 0.25) is 0 Å². The minimum absolute atomic E-state index is 0.0340. The summed E-state index contributed by atoms with van der Waals surface area (Å²) < 4.78 is 0. The highest BCUT2D eigenvalue weighted by Crippen LogP contribution is 2.31. The Balaban J connectivity index is 1.79. The van der Waals surface area contributed by atoms with Gasteiger partial charge in [0.05, 0.1) is 11.1 Å². The topological polar surface area (TPSA) is 98.7 Å². The van der Waals surface area contributed by atoms with E-state index in [1.807, 2.05) is 0 Å². The molecule has 0 fully saturated rings. The quantitative estimate of drug-likeness (QED) is 0.720. The number of benzene rings is 2. The van der Waals surface area contributed by atoms with Crippen LogP contribution in [0.5, 0.6) is 5.75 Å². The zero-order chi connectivity index (χ0) is 19.1. The van der Waals surface area contributed by atoms with E-state index in [-0.39, 0.29) is 23.1 Å². The molecule has 0 atom stereocenters. The van der Waals surface area contributed by atoms with Crippen LogP contribution in [0.1, 0.15) is 41.5 Å². The summed E-state index contributed by atoms with van der Waals surface area (Å²) in [7, 11) is 0. The molecule has 7 heteroatoms. The molecule has 0 unspecified atom stereocenters. The SMILES string of the molecule is CC(C)(C)N1C(=O)c2ccc(NC(=O)Nc3cccc(O)c3)cc2C1=O. The Morgan fingerprint density at radius 1 is 0.923 bits per heavy atom. The summed E-state index contributed by atoms with van der Waals surface area (Å²) in [6, 6.07) is 10.2. The number of rotatable bonds is 2. The fourth-order valence-corrected chi connectivity index (χ4v) is 2.80. The molecule has 1 aliphatic heterocycles. The lowest BCUT2D eigenvalue weighted by Crippen LogP contribution is -2.45. The smallest absolute Gasteiger partial charge is 0.323 e. The zero-order valence-corrected chi connectivity index (χ0v) is 14.7. The van der Waals surface area contributed by atoms with Crippen LogP contribution < -0.4 is 10.6 Å². The maximum absolute atomic E-state index is 12.6. The van der Waals surface area contributed by atoms with Gasteiger partial charge in [-0.3, -0.25) is 14.5 Å². The molecule has 0 aliphatic carbocycles. The summed E-state index contributed by atoms with van der Waals surface area (Å²) in [6.07, 6.45) is 0. The van der Waals surface area contributed by atoms with Crippen molar-refractivity contribution in [1.29, 1.82) is 0 Å². The molecule has 3 N–H and O–H groups in total. The second-order valence-corrected chi connectivity index (χ2v) is 7.01. The highest BCUT2D eigenvalue weighted by Gasteiger charge is 2.41. The Morgan fingerprint density at radius 2 is 1.54 bits per heavy atom. The third-order valence-electron chi connectivity index (χ3n) is 3.92. The number of nitrogens with zero attached hydrogens (tertiary/aromatic N) is 1. The summed E-state index contributed by atoms with van der Waals surface area (Å²) in [5.41, 5.74) is 0.768. The number of carbonyl (C=O) groups excluding carboxylic acids is 3. The molecule has 0 saturated heterocycles. The lowest BCUT2D eigenvalue weighted by Gasteiger charge is -2.29.